The van der Waals surface area contributed by atoms with Crippen molar-refractivity contribution >= 4 is 23.6 Å². The van der Waals surface area contributed by atoms with Crippen molar-refractivity contribution in [1.82, 2.24) is 4.90 Å². The molecule has 1 saturated carbocycles. The molecule has 1 aromatic rings. The van der Waals surface area contributed by atoms with Crippen molar-refractivity contribution in [3.8, 4) is 0 Å². The van der Waals surface area contributed by atoms with Gasteiger partial charge >= 0.3 is 5.97 Å². The topological polar surface area (TPSA) is 57.6 Å². The Hall–Kier alpha value is -1.56. The summed E-state index contributed by atoms with van der Waals surface area (Å²) < 4.78 is 13.0. The van der Waals surface area contributed by atoms with Crippen LogP contribution in [0, 0.1) is 11.7 Å². The highest BCUT2D eigenvalue weighted by atomic mass is 32.2. The second-order valence-corrected chi connectivity index (χ2v) is 7.01. The Bertz CT molecular complexity index is 577. The van der Waals surface area contributed by atoms with E-state index in [1.165, 1.54) is 12.1 Å². The summed E-state index contributed by atoms with van der Waals surface area (Å²) in [6.07, 6.45) is 0.778. The highest BCUT2D eigenvalue weighted by Gasteiger charge is 2.47. The Kier molecular flexibility index (Phi) is 4.38. The van der Waals surface area contributed by atoms with Gasteiger partial charge in [0.1, 0.15) is 5.82 Å². The van der Waals surface area contributed by atoms with E-state index in [9.17, 15) is 14.0 Å². The number of carbonyl (C=O) groups excluding carboxylic acids is 1. The first-order valence-corrected chi connectivity index (χ1v) is 8.57. The van der Waals surface area contributed by atoms with E-state index in [0.717, 1.165) is 17.7 Å². The molecule has 2 fully saturated rings. The van der Waals surface area contributed by atoms with E-state index in [4.69, 9.17) is 5.11 Å². The normalized spacial score (nSPS) is 27.5. The fourth-order valence-corrected chi connectivity index (χ4v) is 4.14. The second kappa shape index (κ2) is 6.28. The molecular formula is C16H18FNO3S. The molecule has 1 aromatic carbocycles. The largest absolute Gasteiger partial charge is 0.481 e. The van der Waals surface area contributed by atoms with E-state index in [1.807, 2.05) is 0 Å². The minimum Gasteiger partial charge on any atom is -0.481 e. The number of aliphatic carboxylic acids is 1. The predicted octanol–water partition coefficient (Wildman–Crippen LogP) is 2.35. The van der Waals surface area contributed by atoms with Gasteiger partial charge in [-0.25, -0.2) is 4.39 Å². The number of nitrogens with zero attached hydrogens (tertiary/aromatic N) is 1. The van der Waals surface area contributed by atoms with Crippen LogP contribution in [0.25, 0.3) is 0 Å². The van der Waals surface area contributed by atoms with Crippen molar-refractivity contribution in [2.24, 2.45) is 5.92 Å². The molecule has 0 radical (unpaired) electrons. The van der Waals surface area contributed by atoms with E-state index in [1.54, 1.807) is 28.8 Å². The van der Waals surface area contributed by atoms with Gasteiger partial charge in [0.25, 0.3) is 0 Å². The van der Waals surface area contributed by atoms with E-state index in [-0.39, 0.29) is 36.0 Å². The van der Waals surface area contributed by atoms with Crippen LogP contribution >= 0.6 is 11.8 Å². The number of amides is 1. The van der Waals surface area contributed by atoms with Crippen LogP contribution in [-0.4, -0.2) is 46.0 Å². The quantitative estimate of drug-likeness (QED) is 0.924. The number of rotatable bonds is 4. The van der Waals surface area contributed by atoms with Crippen molar-refractivity contribution < 1.29 is 19.1 Å². The summed E-state index contributed by atoms with van der Waals surface area (Å²) in [6, 6.07) is 6.08. The summed E-state index contributed by atoms with van der Waals surface area (Å²) >= 11 is 1.70. The first-order chi connectivity index (χ1) is 10.6. The molecule has 1 heterocycles. The van der Waals surface area contributed by atoms with Crippen molar-refractivity contribution in [1.29, 1.82) is 0 Å². The maximum Gasteiger partial charge on any atom is 0.305 e. The molecule has 1 saturated heterocycles. The van der Waals surface area contributed by atoms with Crippen LogP contribution < -0.4 is 0 Å². The van der Waals surface area contributed by atoms with Crippen LogP contribution in [-0.2, 0) is 9.59 Å². The zero-order valence-corrected chi connectivity index (χ0v) is 12.9. The fourth-order valence-electron chi connectivity index (χ4n) is 3.07. The third kappa shape index (κ3) is 3.27. The molecule has 1 aliphatic carbocycles. The van der Waals surface area contributed by atoms with E-state index >= 15 is 0 Å². The maximum absolute atomic E-state index is 13.0. The molecule has 3 unspecified atom stereocenters. The molecule has 3 atom stereocenters. The predicted molar refractivity (Wildman–Crippen MR) is 82.3 cm³/mol. The highest BCUT2D eigenvalue weighted by Crippen LogP contribution is 2.49. The van der Waals surface area contributed by atoms with Crippen molar-refractivity contribution in [2.45, 2.75) is 24.8 Å². The monoisotopic (exact) mass is 323 g/mol. The van der Waals surface area contributed by atoms with E-state index in [2.05, 4.69) is 0 Å². The summed E-state index contributed by atoms with van der Waals surface area (Å²) in [7, 11) is 0. The van der Waals surface area contributed by atoms with Gasteiger partial charge in [-0.1, -0.05) is 12.1 Å². The van der Waals surface area contributed by atoms with Crippen LogP contribution in [0.2, 0.25) is 0 Å². The van der Waals surface area contributed by atoms with Gasteiger partial charge in [-0.05, 0) is 30.0 Å². The van der Waals surface area contributed by atoms with Crippen LogP contribution in [0.4, 0.5) is 4.39 Å². The average Bonchev–Trinajstić information content (AvgIpc) is 3.28. The van der Waals surface area contributed by atoms with Gasteiger partial charge in [-0.2, -0.15) is 11.8 Å². The van der Waals surface area contributed by atoms with Crippen molar-refractivity contribution in [2.75, 3.05) is 18.1 Å². The first kappa shape index (κ1) is 15.3. The summed E-state index contributed by atoms with van der Waals surface area (Å²) in [5.74, 6) is 0.527. The highest BCUT2D eigenvalue weighted by molar-refractivity contribution is 7.99. The number of carbonyl (C=O) groups is 2. The van der Waals surface area contributed by atoms with Crippen LogP contribution in [0.5, 0.6) is 0 Å². The number of carboxylic acid groups (broad SMARTS) is 1. The number of thioether (sulfide) groups is 1. The zero-order valence-electron chi connectivity index (χ0n) is 12.1. The SMILES string of the molecule is O=C(O)CC1CSCCN1C(=O)C1CC1c1ccc(F)cc1. The Morgan fingerprint density at radius 2 is 2.05 bits per heavy atom. The van der Waals surface area contributed by atoms with Gasteiger partial charge in [-0.3, -0.25) is 9.59 Å². The lowest BCUT2D eigenvalue weighted by Crippen LogP contribution is -2.47. The van der Waals surface area contributed by atoms with E-state index in [0.29, 0.717) is 12.3 Å². The van der Waals surface area contributed by atoms with E-state index < -0.39 is 5.97 Å². The molecule has 0 spiro atoms. The molecule has 22 heavy (non-hydrogen) atoms. The minimum absolute atomic E-state index is 0.00662. The number of hydrogen-bond acceptors (Lipinski definition) is 3. The third-order valence-electron chi connectivity index (χ3n) is 4.33. The molecule has 0 aromatic heterocycles. The molecule has 3 rings (SSSR count). The standard InChI is InChI=1S/C16H18FNO3S/c17-11-3-1-10(2-4-11)13-8-14(13)16(21)18-5-6-22-9-12(18)7-15(19)20/h1-4,12-14H,5-9H2,(H,19,20). The number of carboxylic acids is 1. The average molecular weight is 323 g/mol. The smallest absolute Gasteiger partial charge is 0.305 e. The van der Waals surface area contributed by atoms with Gasteiger partial charge < -0.3 is 10.0 Å². The molecule has 1 N–H and O–H groups in total. The van der Waals surface area contributed by atoms with Crippen LogP contribution in [0.3, 0.4) is 0 Å². The lowest BCUT2D eigenvalue weighted by molar-refractivity contribution is -0.140. The Balaban J connectivity index is 1.66. The van der Waals surface area contributed by atoms with Gasteiger partial charge in [0, 0.05) is 24.0 Å². The summed E-state index contributed by atoms with van der Waals surface area (Å²) in [5.41, 5.74) is 0.987. The fraction of sp³-hybridized carbons (Fsp3) is 0.500. The lowest BCUT2D eigenvalue weighted by Gasteiger charge is -2.35. The first-order valence-electron chi connectivity index (χ1n) is 7.41. The molecule has 0 bridgehead atoms. The van der Waals surface area contributed by atoms with Crippen molar-refractivity contribution in [3.05, 3.63) is 35.6 Å². The molecule has 6 heteroatoms. The molecule has 2 aliphatic rings. The molecule has 4 nitrogen and oxygen atoms in total. The number of benzene rings is 1. The molecular weight excluding hydrogens is 305 g/mol. The molecule has 1 aliphatic heterocycles. The summed E-state index contributed by atoms with van der Waals surface area (Å²) in [6.45, 7) is 0.619. The minimum atomic E-state index is -0.865. The Morgan fingerprint density at radius 1 is 1.32 bits per heavy atom. The maximum atomic E-state index is 13.0. The second-order valence-electron chi connectivity index (χ2n) is 5.86. The van der Waals surface area contributed by atoms with Crippen LogP contribution in [0.15, 0.2) is 24.3 Å². The molecule has 1 amide bonds. The van der Waals surface area contributed by atoms with Gasteiger partial charge in [-0.15, -0.1) is 0 Å². The van der Waals surface area contributed by atoms with Gasteiger partial charge in [0.2, 0.25) is 5.91 Å². The zero-order chi connectivity index (χ0) is 15.7. The van der Waals surface area contributed by atoms with Crippen LogP contribution in [0.1, 0.15) is 24.3 Å². The van der Waals surface area contributed by atoms with Gasteiger partial charge in [0.05, 0.1) is 12.5 Å². The Morgan fingerprint density at radius 3 is 2.73 bits per heavy atom. The number of halogens is 1. The summed E-state index contributed by atoms with van der Waals surface area (Å²) in [5, 5.41) is 8.99. The summed E-state index contributed by atoms with van der Waals surface area (Å²) in [4.78, 5) is 25.4. The third-order valence-corrected chi connectivity index (χ3v) is 5.42. The lowest BCUT2D eigenvalue weighted by atomic mass is 10.1. The van der Waals surface area contributed by atoms with Gasteiger partial charge in [0.15, 0.2) is 0 Å². The Labute approximate surface area is 132 Å². The number of hydrogen-bond donors (Lipinski definition) is 1. The molecule has 118 valence electrons. The van der Waals surface area contributed by atoms with Crippen molar-refractivity contribution in [3.63, 3.8) is 0 Å².